The van der Waals surface area contributed by atoms with Gasteiger partial charge in [-0.3, -0.25) is 14.4 Å². The number of aromatic carboxylic acids is 1. The van der Waals surface area contributed by atoms with Crippen LogP contribution in [0.2, 0.25) is 20.1 Å². The second-order valence-corrected chi connectivity index (χ2v) is 13.9. The number of ether oxygens (including phenoxy) is 2. The Hall–Kier alpha value is -5.86. The number of aromatic nitrogens is 2. The first-order chi connectivity index (χ1) is 27.1. The van der Waals surface area contributed by atoms with Crippen LogP contribution in [0, 0.1) is 0 Å². The predicted octanol–water partition coefficient (Wildman–Crippen LogP) is 10.7. The summed E-state index contributed by atoms with van der Waals surface area (Å²) in [5.41, 5.74) is 8.42. The summed E-state index contributed by atoms with van der Waals surface area (Å²) in [5, 5.41) is 20.2. The van der Waals surface area contributed by atoms with Crippen molar-refractivity contribution in [2.45, 2.75) is 39.9 Å². The topological polar surface area (TPSA) is 197 Å². The molecule has 0 radical (unpaired) electrons. The number of hydrogen-bond acceptors (Lipinski definition) is 11. The van der Waals surface area contributed by atoms with Gasteiger partial charge < -0.3 is 34.7 Å². The number of carboxylic acid groups (broad SMARTS) is 1. The van der Waals surface area contributed by atoms with E-state index >= 15 is 0 Å². The maximum Gasteiger partial charge on any atom is 0.358 e. The van der Waals surface area contributed by atoms with Crippen LogP contribution in [0.15, 0.2) is 94.0 Å². The fraction of sp³-hybridized carbons (Fsp3) is 0.150. The van der Waals surface area contributed by atoms with Crippen LogP contribution in [-0.2, 0) is 0 Å². The van der Waals surface area contributed by atoms with Gasteiger partial charge in [0.25, 0.3) is 5.91 Å². The third-order valence-corrected chi connectivity index (χ3v) is 8.40. The number of nitrogens with one attached hydrogen (secondary N) is 1. The van der Waals surface area contributed by atoms with Gasteiger partial charge in [-0.15, -0.1) is 0 Å². The summed E-state index contributed by atoms with van der Waals surface area (Å²) in [5.74, 6) is 0.216. The lowest BCUT2D eigenvalue weighted by Crippen LogP contribution is -2.12. The van der Waals surface area contributed by atoms with E-state index in [-0.39, 0.29) is 28.6 Å². The largest absolute Gasteiger partial charge is 0.489 e. The SMILES string of the molecule is CC(C)Oc1ccc(-c2cc(C(=O)Nc3ccc(C=O)cc3Cl)no2)cc1Cl.CC(C)Oc1ccc(-c2cc(C(=O)O)no2)cc1Cl.Nc1ccc(C=O)cc1Cl. The van der Waals surface area contributed by atoms with Crippen LogP contribution >= 0.6 is 46.4 Å². The summed E-state index contributed by atoms with van der Waals surface area (Å²) in [6, 6.07) is 22.4. The zero-order valence-corrected chi connectivity index (χ0v) is 33.6. The summed E-state index contributed by atoms with van der Waals surface area (Å²) >= 11 is 24.0. The van der Waals surface area contributed by atoms with Gasteiger partial charge in [-0.25, -0.2) is 4.79 Å². The monoisotopic (exact) mass is 854 g/mol. The molecule has 0 unspecified atom stereocenters. The Bertz CT molecular complexity index is 2380. The Kier molecular flexibility index (Phi) is 15.7. The van der Waals surface area contributed by atoms with Gasteiger partial charge in [0, 0.05) is 34.4 Å². The molecular weight excluding hydrogens is 822 g/mol. The number of amides is 1. The Labute approximate surface area is 346 Å². The van der Waals surface area contributed by atoms with Crippen molar-refractivity contribution in [1.29, 1.82) is 0 Å². The number of benzene rings is 4. The first-order valence-corrected chi connectivity index (χ1v) is 18.3. The van der Waals surface area contributed by atoms with Crippen LogP contribution < -0.4 is 20.5 Å². The van der Waals surface area contributed by atoms with Crippen LogP contribution in [0.3, 0.4) is 0 Å². The van der Waals surface area contributed by atoms with Gasteiger partial charge in [-0.05, 0) is 100 Å². The molecule has 0 saturated heterocycles. The van der Waals surface area contributed by atoms with E-state index in [1.807, 2.05) is 27.7 Å². The van der Waals surface area contributed by atoms with Crippen molar-refractivity contribution < 1.29 is 42.8 Å². The maximum atomic E-state index is 12.4. The number of hydrogen-bond donors (Lipinski definition) is 3. The lowest BCUT2D eigenvalue weighted by Gasteiger charge is -2.11. The van der Waals surface area contributed by atoms with E-state index < -0.39 is 11.9 Å². The first kappa shape index (κ1) is 43.9. The molecular formula is C40H34Cl4N4O9. The molecule has 0 aliphatic carbocycles. The summed E-state index contributed by atoms with van der Waals surface area (Å²) in [6.45, 7) is 7.62. The van der Waals surface area contributed by atoms with Crippen molar-refractivity contribution in [1.82, 2.24) is 10.3 Å². The smallest absolute Gasteiger partial charge is 0.358 e. The average molecular weight is 857 g/mol. The fourth-order valence-electron chi connectivity index (χ4n) is 4.55. The number of carbonyl (C=O) groups excluding carboxylic acids is 3. The minimum atomic E-state index is -1.14. The minimum absolute atomic E-state index is 0.00338. The van der Waals surface area contributed by atoms with Gasteiger partial charge >= 0.3 is 5.97 Å². The highest BCUT2D eigenvalue weighted by molar-refractivity contribution is 6.34. The maximum absolute atomic E-state index is 12.4. The second-order valence-electron chi connectivity index (χ2n) is 12.3. The number of anilines is 2. The van der Waals surface area contributed by atoms with Gasteiger partial charge in [0.15, 0.2) is 22.9 Å². The van der Waals surface area contributed by atoms with Gasteiger partial charge in [0.05, 0.1) is 43.7 Å². The molecule has 0 atom stereocenters. The summed E-state index contributed by atoms with van der Waals surface area (Å²) < 4.78 is 21.3. The number of nitrogens with two attached hydrogens (primary N) is 1. The summed E-state index contributed by atoms with van der Waals surface area (Å²) in [4.78, 5) is 44.1. The Balaban J connectivity index is 0.000000213. The van der Waals surface area contributed by atoms with E-state index in [0.29, 0.717) is 78.0 Å². The molecule has 4 N–H and O–H groups in total. The van der Waals surface area contributed by atoms with E-state index in [4.69, 9.17) is 75.8 Å². The highest BCUT2D eigenvalue weighted by Gasteiger charge is 2.17. The number of aldehydes is 2. The van der Waals surface area contributed by atoms with Crippen LogP contribution in [0.25, 0.3) is 22.6 Å². The molecule has 0 aliphatic heterocycles. The summed E-state index contributed by atoms with van der Waals surface area (Å²) in [6.07, 6.45) is 1.42. The molecule has 6 aromatic rings. The van der Waals surface area contributed by atoms with Gasteiger partial charge in [0.1, 0.15) is 24.1 Å². The van der Waals surface area contributed by atoms with Crippen molar-refractivity contribution in [2.24, 2.45) is 0 Å². The Morgan fingerprint density at radius 2 is 1.14 bits per heavy atom. The molecule has 2 aromatic heterocycles. The predicted molar refractivity (Wildman–Crippen MR) is 218 cm³/mol. The van der Waals surface area contributed by atoms with Crippen molar-refractivity contribution in [3.63, 3.8) is 0 Å². The Morgan fingerprint density at radius 3 is 1.56 bits per heavy atom. The highest BCUT2D eigenvalue weighted by atomic mass is 35.5. The molecule has 13 nitrogen and oxygen atoms in total. The number of nitrogen functional groups attached to an aromatic ring is 1. The molecule has 2 heterocycles. The van der Waals surface area contributed by atoms with Gasteiger partial charge in [-0.1, -0.05) is 56.7 Å². The number of nitrogens with zero attached hydrogens (tertiary/aromatic N) is 2. The zero-order valence-electron chi connectivity index (χ0n) is 30.6. The van der Waals surface area contributed by atoms with Crippen molar-refractivity contribution in [2.75, 3.05) is 11.1 Å². The highest BCUT2D eigenvalue weighted by Crippen LogP contribution is 2.33. The van der Waals surface area contributed by atoms with E-state index in [1.165, 1.54) is 30.3 Å². The third kappa shape index (κ3) is 12.6. The minimum Gasteiger partial charge on any atom is -0.489 e. The normalized spacial score (nSPS) is 10.5. The molecule has 0 aliphatic rings. The zero-order chi connectivity index (χ0) is 41.8. The van der Waals surface area contributed by atoms with Crippen LogP contribution in [-0.4, -0.2) is 52.1 Å². The van der Waals surface area contributed by atoms with Gasteiger partial charge in [-0.2, -0.15) is 0 Å². The van der Waals surface area contributed by atoms with E-state index in [0.717, 1.165) is 6.29 Å². The molecule has 296 valence electrons. The number of halogens is 4. The lowest BCUT2D eigenvalue weighted by molar-refractivity contribution is 0.0685. The molecule has 0 saturated carbocycles. The molecule has 0 bridgehead atoms. The first-order valence-electron chi connectivity index (χ1n) is 16.7. The van der Waals surface area contributed by atoms with Crippen LogP contribution in [0.4, 0.5) is 11.4 Å². The fourth-order valence-corrected chi connectivity index (χ4v) is 5.42. The lowest BCUT2D eigenvalue weighted by atomic mass is 10.1. The van der Waals surface area contributed by atoms with Crippen LogP contribution in [0.5, 0.6) is 11.5 Å². The third-order valence-electron chi connectivity index (χ3n) is 7.17. The number of carboxylic acids is 1. The van der Waals surface area contributed by atoms with Crippen LogP contribution in [0.1, 0.15) is 69.4 Å². The average Bonchev–Trinajstić information content (AvgIpc) is 3.87. The molecule has 4 aromatic carbocycles. The van der Waals surface area contributed by atoms with E-state index in [2.05, 4.69) is 15.6 Å². The van der Waals surface area contributed by atoms with E-state index in [9.17, 15) is 19.2 Å². The molecule has 0 fully saturated rings. The summed E-state index contributed by atoms with van der Waals surface area (Å²) in [7, 11) is 0. The molecule has 1 amide bonds. The van der Waals surface area contributed by atoms with Crippen molar-refractivity contribution in [3.8, 4) is 34.1 Å². The van der Waals surface area contributed by atoms with Crippen molar-refractivity contribution >= 4 is 82.2 Å². The quantitative estimate of drug-likeness (QED) is 0.0824. The molecule has 57 heavy (non-hydrogen) atoms. The molecule has 17 heteroatoms. The number of rotatable bonds is 11. The number of carbonyl (C=O) groups is 4. The van der Waals surface area contributed by atoms with Crippen molar-refractivity contribution in [3.05, 3.63) is 128 Å². The van der Waals surface area contributed by atoms with Gasteiger partial charge in [0.2, 0.25) is 0 Å². The second kappa shape index (κ2) is 20.3. The standard InChI is InChI=1S/C20H16Cl2N2O4.C13H12ClNO4.C7H6ClNO/c1-11(2)27-18-6-4-13(8-15(18)22)19-9-17(24-28-19)20(26)23-16-5-3-12(10-25)7-14(16)21;1-7(2)18-11-4-3-8(5-9(11)14)12-6-10(13(16)17)15-19-12;8-6-3-5(4-10)1-2-7(6)9/h3-11H,1-2H3,(H,23,26);3-7H,1-2H3,(H,16,17);1-4H,9H2. The Morgan fingerprint density at radius 1 is 0.667 bits per heavy atom. The van der Waals surface area contributed by atoms with E-state index in [1.54, 1.807) is 54.6 Å². The molecule has 6 rings (SSSR count). The molecule has 0 spiro atoms.